The minimum atomic E-state index is -4.47. The SMILES string of the molecule is CC.CCCC.CCCCCC(C)C.CCc1cc(C(F)(F)F)cc2sc(NC(=O)c3cc(Cl)cc(CN4CCN(C)CC4)c3O)nc12. The lowest BCUT2D eigenvalue weighted by Gasteiger charge is -2.32. The summed E-state index contributed by atoms with van der Waals surface area (Å²) in [5, 5.41) is 13.9. The molecule has 0 aliphatic carbocycles. The number of phenols is 1. The Bertz CT molecular complexity index is 1370. The first-order chi connectivity index (χ1) is 22.7. The van der Waals surface area contributed by atoms with Crippen LogP contribution in [0, 0.1) is 5.92 Å². The number of aromatic hydroxyl groups is 1. The third kappa shape index (κ3) is 14.6. The Hall–Kier alpha value is -2.40. The molecule has 0 spiro atoms. The van der Waals surface area contributed by atoms with Gasteiger partial charge in [0.25, 0.3) is 5.91 Å². The second-order valence-corrected chi connectivity index (χ2v) is 13.7. The van der Waals surface area contributed by atoms with Crippen LogP contribution in [0.4, 0.5) is 18.3 Å². The van der Waals surface area contributed by atoms with Crippen LogP contribution in [0.5, 0.6) is 5.75 Å². The van der Waals surface area contributed by atoms with Crippen molar-refractivity contribution in [1.82, 2.24) is 14.8 Å². The van der Waals surface area contributed by atoms with Crippen molar-refractivity contribution < 1.29 is 23.1 Å². The highest BCUT2D eigenvalue weighted by atomic mass is 35.5. The van der Waals surface area contributed by atoms with Crippen molar-refractivity contribution in [2.75, 3.05) is 38.5 Å². The second-order valence-electron chi connectivity index (χ2n) is 12.2. The number of fused-ring (bicyclic) bond motifs is 1. The number of piperazine rings is 1. The Morgan fingerprint density at radius 3 is 2.12 bits per heavy atom. The summed E-state index contributed by atoms with van der Waals surface area (Å²) in [6.45, 7) is 20.8. The van der Waals surface area contributed by atoms with Crippen molar-refractivity contribution in [3.8, 4) is 5.75 Å². The molecule has 0 saturated carbocycles. The number of nitrogens with zero attached hydrogens (tertiary/aromatic N) is 3. The van der Waals surface area contributed by atoms with E-state index in [4.69, 9.17) is 11.6 Å². The first-order valence-corrected chi connectivity index (χ1v) is 18.7. The molecular weight excluding hydrogens is 657 g/mol. The van der Waals surface area contributed by atoms with Crippen LogP contribution >= 0.6 is 22.9 Å². The number of aryl methyl sites for hydroxylation is 1. The molecule has 0 unspecified atom stereocenters. The molecule has 0 radical (unpaired) electrons. The number of hydrogen-bond acceptors (Lipinski definition) is 6. The Morgan fingerprint density at radius 2 is 1.60 bits per heavy atom. The number of benzene rings is 2. The van der Waals surface area contributed by atoms with E-state index in [2.05, 4.69) is 54.7 Å². The molecule has 2 heterocycles. The Labute approximate surface area is 296 Å². The van der Waals surface area contributed by atoms with Crippen molar-refractivity contribution in [3.63, 3.8) is 0 Å². The van der Waals surface area contributed by atoms with Gasteiger partial charge in [-0.1, -0.05) is 117 Å². The van der Waals surface area contributed by atoms with Gasteiger partial charge in [0.05, 0.1) is 21.3 Å². The zero-order chi connectivity index (χ0) is 36.4. The normalized spacial score (nSPS) is 13.6. The summed E-state index contributed by atoms with van der Waals surface area (Å²) in [7, 11) is 2.05. The molecule has 48 heavy (non-hydrogen) atoms. The highest BCUT2D eigenvalue weighted by Crippen LogP contribution is 2.37. The number of carbonyl (C=O) groups is 1. The fourth-order valence-electron chi connectivity index (χ4n) is 4.75. The van der Waals surface area contributed by atoms with Crippen molar-refractivity contribution in [1.29, 1.82) is 0 Å². The van der Waals surface area contributed by atoms with Crippen LogP contribution in [0.2, 0.25) is 5.02 Å². The van der Waals surface area contributed by atoms with E-state index in [1.807, 2.05) is 20.9 Å². The molecule has 1 aliphatic rings. The second kappa shape index (κ2) is 22.3. The Morgan fingerprint density at radius 1 is 0.979 bits per heavy atom. The number of halogens is 4. The number of anilines is 1. The molecule has 1 aliphatic heterocycles. The maximum Gasteiger partial charge on any atom is 0.416 e. The van der Waals surface area contributed by atoms with Crippen LogP contribution in [-0.2, 0) is 19.1 Å². The van der Waals surface area contributed by atoms with Crippen LogP contribution in [0.3, 0.4) is 0 Å². The van der Waals surface area contributed by atoms with Gasteiger partial charge in [-0.05, 0) is 49.2 Å². The first kappa shape index (κ1) is 43.6. The van der Waals surface area contributed by atoms with Crippen molar-refractivity contribution in [2.24, 2.45) is 5.92 Å². The molecule has 3 aromatic rings. The van der Waals surface area contributed by atoms with Crippen LogP contribution in [0.15, 0.2) is 24.3 Å². The maximum atomic E-state index is 13.2. The largest absolute Gasteiger partial charge is 0.507 e. The third-order valence-corrected chi connectivity index (χ3v) is 8.91. The van der Waals surface area contributed by atoms with Crippen molar-refractivity contribution in [3.05, 3.63) is 51.5 Å². The molecule has 1 amide bonds. The number of unbranched alkanes of at least 4 members (excludes halogenated alkanes) is 3. The van der Waals surface area contributed by atoms with Gasteiger partial charge in [0.1, 0.15) is 5.75 Å². The van der Waals surface area contributed by atoms with E-state index in [1.54, 1.807) is 13.0 Å². The van der Waals surface area contributed by atoms with E-state index in [0.29, 0.717) is 39.3 Å². The third-order valence-electron chi connectivity index (χ3n) is 7.78. The molecule has 4 rings (SSSR count). The number of likely N-dealkylation sites (N-methyl/N-ethyl adjacent to an activating group) is 1. The lowest BCUT2D eigenvalue weighted by molar-refractivity contribution is -0.137. The quantitative estimate of drug-likeness (QED) is 0.205. The number of thiazole rings is 1. The predicted octanol–water partition coefficient (Wildman–Crippen LogP) is 11.3. The van der Waals surface area contributed by atoms with E-state index >= 15 is 0 Å². The zero-order valence-electron chi connectivity index (χ0n) is 30.5. The fraction of sp³-hybridized carbons (Fsp3) is 0.622. The van der Waals surface area contributed by atoms with Gasteiger partial charge in [-0.3, -0.25) is 15.0 Å². The number of rotatable bonds is 10. The minimum Gasteiger partial charge on any atom is -0.507 e. The molecular formula is C37H58ClF3N4O2S. The summed E-state index contributed by atoms with van der Waals surface area (Å²) in [6.07, 6.45) is 4.13. The molecule has 2 N–H and O–H groups in total. The number of hydrogen-bond donors (Lipinski definition) is 2. The van der Waals surface area contributed by atoms with Gasteiger partial charge in [-0.25, -0.2) is 4.98 Å². The summed E-state index contributed by atoms with van der Waals surface area (Å²) in [6, 6.07) is 5.12. The molecule has 2 aromatic carbocycles. The van der Waals surface area contributed by atoms with Crippen LogP contribution in [-0.4, -0.2) is 59.0 Å². The van der Waals surface area contributed by atoms with Crippen LogP contribution in [0.1, 0.15) is 121 Å². The molecule has 6 nitrogen and oxygen atoms in total. The molecule has 1 saturated heterocycles. The van der Waals surface area contributed by atoms with Gasteiger partial charge in [-0.2, -0.15) is 13.2 Å². The highest BCUT2D eigenvalue weighted by Gasteiger charge is 2.32. The zero-order valence-corrected chi connectivity index (χ0v) is 32.1. The number of amides is 1. The van der Waals surface area contributed by atoms with Crippen LogP contribution in [0.25, 0.3) is 10.2 Å². The first-order valence-electron chi connectivity index (χ1n) is 17.5. The summed E-state index contributed by atoms with van der Waals surface area (Å²) in [5.41, 5.74) is 0.639. The summed E-state index contributed by atoms with van der Waals surface area (Å²) < 4.78 is 40.1. The van der Waals surface area contributed by atoms with Crippen molar-refractivity contribution in [2.45, 2.75) is 113 Å². The highest BCUT2D eigenvalue weighted by molar-refractivity contribution is 7.22. The van der Waals surface area contributed by atoms with Gasteiger partial charge < -0.3 is 10.0 Å². The van der Waals surface area contributed by atoms with Gasteiger partial charge >= 0.3 is 6.18 Å². The number of aromatic nitrogens is 1. The molecule has 0 atom stereocenters. The molecule has 272 valence electrons. The maximum absolute atomic E-state index is 13.2. The van der Waals surface area contributed by atoms with E-state index < -0.39 is 17.6 Å². The van der Waals surface area contributed by atoms with E-state index in [9.17, 15) is 23.1 Å². The number of phenolic OH excluding ortho intramolecular Hbond substituents is 1. The Kier molecular flexibility index (Phi) is 20.3. The summed E-state index contributed by atoms with van der Waals surface area (Å²) in [5.74, 6) is 0.102. The summed E-state index contributed by atoms with van der Waals surface area (Å²) in [4.78, 5) is 21.7. The monoisotopic (exact) mass is 714 g/mol. The standard InChI is InChI=1S/C23H24ClF3N4O2S.C8H18.C4H10.C2H6/c1-3-13-8-15(23(25,26)27)10-18-19(13)28-22(34-18)29-21(33)17-11-16(24)9-14(20(17)32)12-31-6-4-30(2)5-7-31;1-4-5-6-7-8(2)3;1-3-4-2;1-2/h8-11,32H,3-7,12H2,1-2H3,(H,28,29,33);8H,4-7H2,1-3H3;3-4H2,1-2H3;1-2H3. The van der Waals surface area contributed by atoms with Gasteiger partial charge in [0.15, 0.2) is 5.13 Å². The number of nitrogens with one attached hydrogen (secondary N) is 1. The average Bonchev–Trinajstić information content (AvgIpc) is 3.46. The van der Waals surface area contributed by atoms with Gasteiger partial charge in [0.2, 0.25) is 0 Å². The van der Waals surface area contributed by atoms with E-state index in [-0.39, 0.29) is 16.4 Å². The summed E-state index contributed by atoms with van der Waals surface area (Å²) >= 11 is 7.19. The lowest BCUT2D eigenvalue weighted by Crippen LogP contribution is -2.43. The molecule has 0 bridgehead atoms. The van der Waals surface area contributed by atoms with Crippen molar-refractivity contribution >= 4 is 44.2 Å². The number of alkyl halides is 3. The lowest BCUT2D eigenvalue weighted by atomic mass is 10.1. The predicted molar refractivity (Wildman–Crippen MR) is 199 cm³/mol. The minimum absolute atomic E-state index is 0.0115. The van der Waals surface area contributed by atoms with E-state index in [0.717, 1.165) is 55.6 Å². The Balaban J connectivity index is 0.000000698. The molecule has 1 fully saturated rings. The number of carbonyl (C=O) groups excluding carboxylic acids is 1. The average molecular weight is 715 g/mol. The fourth-order valence-corrected chi connectivity index (χ4v) is 5.94. The van der Waals surface area contributed by atoms with Gasteiger partial charge in [0, 0.05) is 43.3 Å². The molecule has 1 aromatic heterocycles. The topological polar surface area (TPSA) is 68.7 Å². The smallest absolute Gasteiger partial charge is 0.416 e. The van der Waals surface area contributed by atoms with Gasteiger partial charge in [-0.15, -0.1) is 0 Å². The molecule has 11 heteroatoms. The van der Waals surface area contributed by atoms with Crippen LogP contribution < -0.4 is 5.32 Å². The van der Waals surface area contributed by atoms with E-state index in [1.165, 1.54) is 44.6 Å².